The first-order chi connectivity index (χ1) is 4.22. The third-order valence-electron chi connectivity index (χ3n) is 1.36. The van der Waals surface area contributed by atoms with E-state index < -0.39 is 0 Å². The Morgan fingerprint density at radius 2 is 2.56 bits per heavy atom. The summed E-state index contributed by atoms with van der Waals surface area (Å²) >= 11 is 0. The summed E-state index contributed by atoms with van der Waals surface area (Å²) in [6.45, 7) is 1.88. The number of carbonyl (C=O) groups excluding carboxylic acids is 1. The maximum Gasteiger partial charge on any atom is 0.245 e. The number of rotatable bonds is 0. The smallest absolute Gasteiger partial charge is 0.245 e. The molecular weight excluding hydrogens is 116 g/mol. The first-order valence-corrected chi connectivity index (χ1v) is 2.93. The van der Waals surface area contributed by atoms with E-state index in [9.17, 15) is 4.79 Å². The van der Waals surface area contributed by atoms with Crippen LogP contribution in [0.2, 0.25) is 0 Å². The Balaban J connectivity index is 2.69. The summed E-state index contributed by atoms with van der Waals surface area (Å²) in [5.74, 6) is 0.140. The zero-order valence-corrected chi connectivity index (χ0v) is 5.59. The summed E-state index contributed by atoms with van der Waals surface area (Å²) in [7, 11) is 1.64. The standard InChI is InChI=1S/C6H9N2O/c1-5-3-4-7-8(2)6(5)9/h5H,3H2,1-2H3. The Hall–Kier alpha value is -0.860. The molecule has 0 N–H and O–H groups in total. The molecule has 9 heavy (non-hydrogen) atoms. The van der Waals surface area contributed by atoms with Crippen molar-refractivity contribution in [2.24, 2.45) is 11.0 Å². The molecule has 3 nitrogen and oxygen atoms in total. The van der Waals surface area contributed by atoms with Gasteiger partial charge in [-0.3, -0.25) is 4.79 Å². The van der Waals surface area contributed by atoms with Crippen LogP contribution in [-0.4, -0.2) is 24.2 Å². The van der Waals surface area contributed by atoms with Gasteiger partial charge in [-0.1, -0.05) is 6.92 Å². The lowest BCUT2D eigenvalue weighted by atomic mass is 10.1. The normalized spacial score (nSPS) is 27.1. The van der Waals surface area contributed by atoms with Gasteiger partial charge in [-0.2, -0.15) is 5.10 Å². The second-order valence-electron chi connectivity index (χ2n) is 2.23. The van der Waals surface area contributed by atoms with E-state index in [2.05, 4.69) is 11.3 Å². The maximum absolute atomic E-state index is 10.9. The van der Waals surface area contributed by atoms with E-state index in [1.165, 1.54) is 5.01 Å². The van der Waals surface area contributed by atoms with E-state index >= 15 is 0 Å². The van der Waals surface area contributed by atoms with Crippen LogP contribution in [0.25, 0.3) is 0 Å². The SMILES string of the molecule is CC1C[C]=NN(C)C1=O. The number of hydrogen-bond donors (Lipinski definition) is 0. The van der Waals surface area contributed by atoms with Gasteiger partial charge in [0.05, 0.1) is 6.21 Å². The molecule has 0 aromatic heterocycles. The van der Waals surface area contributed by atoms with E-state index in [1.807, 2.05) is 6.92 Å². The lowest BCUT2D eigenvalue weighted by Gasteiger charge is -2.18. The first kappa shape index (κ1) is 6.26. The topological polar surface area (TPSA) is 32.7 Å². The Bertz CT molecular complexity index is 153. The molecule has 1 atom stereocenters. The van der Waals surface area contributed by atoms with Crippen molar-refractivity contribution in [3.63, 3.8) is 0 Å². The number of nitrogens with zero attached hydrogens (tertiary/aromatic N) is 2. The minimum atomic E-state index is 0.0625. The van der Waals surface area contributed by atoms with Crippen molar-refractivity contribution in [2.75, 3.05) is 7.05 Å². The van der Waals surface area contributed by atoms with Crippen LogP contribution in [0, 0.1) is 5.92 Å². The van der Waals surface area contributed by atoms with Crippen LogP contribution in [0.4, 0.5) is 0 Å². The monoisotopic (exact) mass is 125 g/mol. The summed E-state index contributed by atoms with van der Waals surface area (Å²) in [4.78, 5) is 10.9. The highest BCUT2D eigenvalue weighted by Crippen LogP contribution is 2.08. The van der Waals surface area contributed by atoms with E-state index in [1.54, 1.807) is 7.05 Å². The molecule has 3 heteroatoms. The predicted octanol–water partition coefficient (Wildman–Crippen LogP) is 0.347. The average Bonchev–Trinajstić information content (AvgIpc) is 1.83. The van der Waals surface area contributed by atoms with Crippen LogP contribution in [0.5, 0.6) is 0 Å². The molecule has 0 aromatic rings. The molecule has 1 radical (unpaired) electrons. The van der Waals surface area contributed by atoms with Crippen LogP contribution in [0.15, 0.2) is 5.10 Å². The van der Waals surface area contributed by atoms with E-state index in [4.69, 9.17) is 0 Å². The summed E-state index contributed by atoms with van der Waals surface area (Å²) in [5, 5.41) is 5.02. The predicted molar refractivity (Wildman–Crippen MR) is 34.0 cm³/mol. The van der Waals surface area contributed by atoms with Crippen molar-refractivity contribution in [3.8, 4) is 0 Å². The molecule has 0 aromatic carbocycles. The van der Waals surface area contributed by atoms with Gasteiger partial charge in [0, 0.05) is 19.4 Å². The molecule has 1 unspecified atom stereocenters. The zero-order chi connectivity index (χ0) is 6.85. The van der Waals surface area contributed by atoms with Crippen molar-refractivity contribution in [1.82, 2.24) is 5.01 Å². The molecule has 49 valence electrons. The van der Waals surface area contributed by atoms with E-state index in [-0.39, 0.29) is 11.8 Å². The minimum Gasteiger partial charge on any atom is -0.273 e. The van der Waals surface area contributed by atoms with Crippen molar-refractivity contribution in [1.29, 1.82) is 0 Å². The lowest BCUT2D eigenvalue weighted by molar-refractivity contribution is -0.134. The fourth-order valence-electron chi connectivity index (χ4n) is 0.739. The quantitative estimate of drug-likeness (QED) is 0.459. The minimum absolute atomic E-state index is 0.0625. The van der Waals surface area contributed by atoms with E-state index in [0.717, 1.165) is 0 Å². The molecule has 1 rings (SSSR count). The highest BCUT2D eigenvalue weighted by molar-refractivity contribution is 5.84. The molecule has 1 amide bonds. The molecule has 1 aliphatic rings. The number of amides is 1. The highest BCUT2D eigenvalue weighted by atomic mass is 16.2. The first-order valence-electron chi connectivity index (χ1n) is 2.93. The van der Waals surface area contributed by atoms with Crippen molar-refractivity contribution >= 4 is 12.1 Å². The summed E-state index contributed by atoms with van der Waals surface area (Å²) < 4.78 is 0. The molecule has 0 spiro atoms. The molecule has 0 bridgehead atoms. The fourth-order valence-corrected chi connectivity index (χ4v) is 0.739. The van der Waals surface area contributed by atoms with Gasteiger partial charge in [0.1, 0.15) is 0 Å². The molecule has 0 saturated heterocycles. The van der Waals surface area contributed by atoms with Gasteiger partial charge >= 0.3 is 0 Å². The second-order valence-corrected chi connectivity index (χ2v) is 2.23. The second kappa shape index (κ2) is 2.17. The Morgan fingerprint density at radius 1 is 1.89 bits per heavy atom. The van der Waals surface area contributed by atoms with Gasteiger partial charge in [0.25, 0.3) is 0 Å². The molecule has 1 aliphatic heterocycles. The van der Waals surface area contributed by atoms with Gasteiger partial charge in [-0.05, 0) is 0 Å². The molecule has 1 heterocycles. The zero-order valence-electron chi connectivity index (χ0n) is 5.59. The average molecular weight is 125 g/mol. The third kappa shape index (κ3) is 1.09. The van der Waals surface area contributed by atoms with Crippen LogP contribution in [-0.2, 0) is 4.79 Å². The van der Waals surface area contributed by atoms with Crippen LogP contribution in [0.1, 0.15) is 13.3 Å². The van der Waals surface area contributed by atoms with Crippen LogP contribution < -0.4 is 0 Å². The molecular formula is C6H9N2O. The fraction of sp³-hybridized carbons (Fsp3) is 0.667. The van der Waals surface area contributed by atoms with Gasteiger partial charge in [-0.25, -0.2) is 5.01 Å². The summed E-state index contributed by atoms with van der Waals surface area (Å²) in [6.07, 6.45) is 3.40. The highest BCUT2D eigenvalue weighted by Gasteiger charge is 2.19. The Kier molecular flexibility index (Phi) is 1.51. The summed E-state index contributed by atoms with van der Waals surface area (Å²) in [6, 6.07) is 0. The third-order valence-corrected chi connectivity index (χ3v) is 1.36. The van der Waals surface area contributed by atoms with Gasteiger partial charge in [0.2, 0.25) is 5.91 Å². The van der Waals surface area contributed by atoms with Crippen LogP contribution in [0.3, 0.4) is 0 Å². The van der Waals surface area contributed by atoms with Crippen LogP contribution >= 0.6 is 0 Å². The molecule has 0 saturated carbocycles. The van der Waals surface area contributed by atoms with Crippen molar-refractivity contribution < 1.29 is 4.79 Å². The maximum atomic E-state index is 10.9. The van der Waals surface area contributed by atoms with Gasteiger partial charge in [-0.15, -0.1) is 0 Å². The van der Waals surface area contributed by atoms with E-state index in [0.29, 0.717) is 6.42 Å². The lowest BCUT2D eigenvalue weighted by Crippen LogP contribution is -2.31. The largest absolute Gasteiger partial charge is 0.273 e. The molecule has 0 aliphatic carbocycles. The number of hydrazone groups is 1. The molecule has 0 fully saturated rings. The number of hydrogen-bond acceptors (Lipinski definition) is 2. The van der Waals surface area contributed by atoms with Gasteiger partial charge in [0.15, 0.2) is 0 Å². The van der Waals surface area contributed by atoms with Gasteiger partial charge < -0.3 is 0 Å². The Morgan fingerprint density at radius 3 is 3.00 bits per heavy atom. The number of carbonyl (C=O) groups is 1. The van der Waals surface area contributed by atoms with Crippen molar-refractivity contribution in [2.45, 2.75) is 13.3 Å². The van der Waals surface area contributed by atoms with Crippen molar-refractivity contribution in [3.05, 3.63) is 0 Å². The summed E-state index contributed by atoms with van der Waals surface area (Å²) in [5.41, 5.74) is 0. The Labute approximate surface area is 54.3 Å².